The molecule has 0 aliphatic carbocycles. The highest BCUT2D eigenvalue weighted by Gasteiger charge is 2.49. The molecule has 11 heteroatoms. The molecule has 0 spiro atoms. The van der Waals surface area contributed by atoms with Crippen LogP contribution in [0.3, 0.4) is 0 Å². The summed E-state index contributed by atoms with van der Waals surface area (Å²) in [5.74, 6) is -0.967. The van der Waals surface area contributed by atoms with Crippen molar-refractivity contribution in [1.29, 1.82) is 0 Å². The van der Waals surface area contributed by atoms with Crippen LogP contribution in [0.5, 0.6) is 0 Å². The highest BCUT2D eigenvalue weighted by molar-refractivity contribution is 7.51. The van der Waals surface area contributed by atoms with Crippen LogP contribution in [0.25, 0.3) is 0 Å². The molecule has 3 rings (SSSR count). The second kappa shape index (κ2) is 13.1. The number of ether oxygens (including phenoxy) is 4. The monoisotopic (exact) mass is 521 g/mol. The molecule has 3 N–H and O–H groups in total. The molecule has 0 bridgehead atoms. The molecule has 2 aromatic rings. The molecule has 1 amide bonds. The lowest BCUT2D eigenvalue weighted by atomic mass is 9.92. The smallest absolute Gasteiger partial charge is 0.328 e. The van der Waals surface area contributed by atoms with E-state index in [2.05, 4.69) is 5.32 Å². The third kappa shape index (κ3) is 8.81. The number of amides is 1. The maximum absolute atomic E-state index is 12.1. The summed E-state index contributed by atoms with van der Waals surface area (Å²) in [7, 11) is -4.55. The van der Waals surface area contributed by atoms with Crippen LogP contribution in [0.4, 0.5) is 0 Å². The fraction of sp³-hybridized carbons (Fsp3) is 0.440. The maximum atomic E-state index is 12.1. The van der Waals surface area contributed by atoms with Gasteiger partial charge in [-0.2, -0.15) is 0 Å². The van der Waals surface area contributed by atoms with Gasteiger partial charge in [-0.25, -0.2) is 0 Å². The predicted octanol–water partition coefficient (Wildman–Crippen LogP) is 2.17. The van der Waals surface area contributed by atoms with Gasteiger partial charge >= 0.3 is 13.6 Å². The second-order valence-electron chi connectivity index (χ2n) is 8.61. The van der Waals surface area contributed by atoms with Crippen molar-refractivity contribution in [2.45, 2.75) is 57.5 Å². The average molecular weight is 522 g/mol. The topological polar surface area (TPSA) is 141 Å². The van der Waals surface area contributed by atoms with Gasteiger partial charge in [0.15, 0.2) is 0 Å². The van der Waals surface area contributed by atoms with Crippen molar-refractivity contribution in [3.8, 4) is 0 Å². The van der Waals surface area contributed by atoms with Gasteiger partial charge in [0.25, 0.3) is 0 Å². The van der Waals surface area contributed by atoms with E-state index in [1.54, 1.807) is 0 Å². The van der Waals surface area contributed by atoms with Crippen LogP contribution in [0.2, 0.25) is 0 Å². The molecule has 36 heavy (non-hydrogen) atoms. The van der Waals surface area contributed by atoms with Crippen LogP contribution in [0.15, 0.2) is 60.7 Å². The maximum Gasteiger partial charge on any atom is 0.328 e. The third-order valence-corrected chi connectivity index (χ3v) is 6.44. The largest absolute Gasteiger partial charge is 0.463 e. The molecule has 0 aromatic heterocycles. The van der Waals surface area contributed by atoms with Crippen molar-refractivity contribution in [2.24, 2.45) is 0 Å². The lowest BCUT2D eigenvalue weighted by molar-refractivity contribution is -0.227. The Balaban J connectivity index is 1.95. The first-order chi connectivity index (χ1) is 17.1. The molecular formula is C25H32NO9P. The van der Waals surface area contributed by atoms with E-state index in [0.29, 0.717) is 0 Å². The Labute approximate surface area is 210 Å². The summed E-state index contributed by atoms with van der Waals surface area (Å²) >= 11 is 0. The zero-order chi connectivity index (χ0) is 26.1. The summed E-state index contributed by atoms with van der Waals surface area (Å²) in [6, 6.07) is 17.8. The first-order valence-corrected chi connectivity index (χ1v) is 13.3. The third-order valence-electron chi connectivity index (χ3n) is 5.60. The van der Waals surface area contributed by atoms with Crippen molar-refractivity contribution in [3.63, 3.8) is 0 Å². The minimum Gasteiger partial charge on any atom is -0.463 e. The molecule has 1 fully saturated rings. The van der Waals surface area contributed by atoms with E-state index in [-0.39, 0.29) is 19.8 Å². The highest BCUT2D eigenvalue weighted by atomic mass is 31.2. The molecular weight excluding hydrogens is 489 g/mol. The Kier molecular flexibility index (Phi) is 10.2. The van der Waals surface area contributed by atoms with Gasteiger partial charge in [-0.05, 0) is 11.1 Å². The quantitative estimate of drug-likeness (QED) is 0.300. The average Bonchev–Trinajstić information content (AvgIpc) is 2.82. The van der Waals surface area contributed by atoms with Crippen molar-refractivity contribution in [1.82, 2.24) is 5.32 Å². The first kappa shape index (κ1) is 28.0. The first-order valence-electron chi connectivity index (χ1n) is 11.5. The van der Waals surface area contributed by atoms with Crippen LogP contribution < -0.4 is 5.32 Å². The number of nitrogens with one attached hydrogen (secondary N) is 1. The second-order valence-corrected chi connectivity index (χ2v) is 10.3. The zero-order valence-electron chi connectivity index (χ0n) is 20.2. The Morgan fingerprint density at radius 3 is 1.89 bits per heavy atom. The number of rotatable bonds is 11. The van der Waals surface area contributed by atoms with E-state index in [0.717, 1.165) is 11.1 Å². The normalized spacial score (nSPS) is 24.2. The van der Waals surface area contributed by atoms with Gasteiger partial charge in [-0.15, -0.1) is 0 Å². The van der Waals surface area contributed by atoms with Gasteiger partial charge < -0.3 is 34.1 Å². The molecule has 1 heterocycles. The number of esters is 1. The summed E-state index contributed by atoms with van der Waals surface area (Å²) in [6.45, 7) is 2.65. The number of hydrogen-bond acceptors (Lipinski definition) is 7. The van der Waals surface area contributed by atoms with Crippen molar-refractivity contribution < 1.29 is 42.9 Å². The fourth-order valence-electron chi connectivity index (χ4n) is 4.08. The standard InChI is InChI=1S/C25H32NO9P/c1-17(27)26-23-22(16-36(29,30)31)35-21(15-32-18(2)28)24(33-13-19-9-5-3-6-10-19)25(23)34-14-20-11-7-4-8-12-20/h3-12,21-25H,13-16H2,1-2H3,(H,26,27)(H2,29,30,31)/t21?,22-,23?,24-,25?/m1/s1. The van der Waals surface area contributed by atoms with Crippen LogP contribution in [-0.2, 0) is 46.3 Å². The Morgan fingerprint density at radius 1 is 0.889 bits per heavy atom. The SMILES string of the molecule is CC(=O)NC1C(OCc2ccccc2)[C@H](OCc2ccccc2)C(COC(C)=O)O[C@@H]1CP(=O)(O)O. The molecule has 0 radical (unpaired) electrons. The zero-order valence-corrected chi connectivity index (χ0v) is 21.1. The van der Waals surface area contributed by atoms with Gasteiger partial charge in [-0.1, -0.05) is 60.7 Å². The lowest BCUT2D eigenvalue weighted by Crippen LogP contribution is -2.66. The molecule has 3 unspecified atom stereocenters. The minimum atomic E-state index is -4.55. The summed E-state index contributed by atoms with van der Waals surface area (Å²) in [5.41, 5.74) is 1.73. The Morgan fingerprint density at radius 2 is 1.42 bits per heavy atom. The Hall–Kier alpha value is -2.59. The van der Waals surface area contributed by atoms with E-state index in [9.17, 15) is 23.9 Å². The van der Waals surface area contributed by atoms with E-state index in [4.69, 9.17) is 18.9 Å². The summed E-state index contributed by atoms with van der Waals surface area (Å²) in [4.78, 5) is 43.1. The molecule has 10 nitrogen and oxygen atoms in total. The summed E-state index contributed by atoms with van der Waals surface area (Å²) < 4.78 is 35.6. The van der Waals surface area contributed by atoms with E-state index < -0.39 is 56.1 Å². The van der Waals surface area contributed by atoms with Crippen LogP contribution in [0, 0.1) is 0 Å². The lowest BCUT2D eigenvalue weighted by Gasteiger charge is -2.46. The summed E-state index contributed by atoms with van der Waals surface area (Å²) in [5, 5.41) is 2.73. The predicted molar refractivity (Wildman–Crippen MR) is 130 cm³/mol. The molecule has 5 atom stereocenters. The number of hydrogen-bond donors (Lipinski definition) is 3. The minimum absolute atomic E-state index is 0.149. The number of carbonyl (C=O) groups is 2. The molecule has 1 aliphatic rings. The molecule has 1 aliphatic heterocycles. The van der Waals surface area contributed by atoms with Crippen molar-refractivity contribution in [3.05, 3.63) is 71.8 Å². The van der Waals surface area contributed by atoms with Crippen LogP contribution in [-0.4, -0.2) is 64.9 Å². The van der Waals surface area contributed by atoms with Gasteiger partial charge in [0, 0.05) is 13.8 Å². The van der Waals surface area contributed by atoms with Crippen molar-refractivity contribution >= 4 is 19.5 Å². The van der Waals surface area contributed by atoms with Crippen LogP contribution >= 0.6 is 7.60 Å². The van der Waals surface area contributed by atoms with E-state index >= 15 is 0 Å². The van der Waals surface area contributed by atoms with Gasteiger partial charge in [0.05, 0.1) is 31.5 Å². The Bertz CT molecular complexity index is 1030. The molecule has 2 aromatic carbocycles. The van der Waals surface area contributed by atoms with E-state index in [1.165, 1.54) is 13.8 Å². The molecule has 0 saturated carbocycles. The molecule has 196 valence electrons. The highest BCUT2D eigenvalue weighted by Crippen LogP contribution is 2.40. The van der Waals surface area contributed by atoms with Gasteiger partial charge in [0.1, 0.15) is 24.9 Å². The van der Waals surface area contributed by atoms with Gasteiger partial charge in [0.2, 0.25) is 5.91 Å². The fourth-order valence-corrected chi connectivity index (χ4v) is 4.86. The van der Waals surface area contributed by atoms with Crippen LogP contribution in [0.1, 0.15) is 25.0 Å². The number of benzene rings is 2. The van der Waals surface area contributed by atoms with Crippen molar-refractivity contribution in [2.75, 3.05) is 12.8 Å². The number of carbonyl (C=O) groups excluding carboxylic acids is 2. The van der Waals surface area contributed by atoms with E-state index in [1.807, 2.05) is 60.7 Å². The van der Waals surface area contributed by atoms with Gasteiger partial charge in [-0.3, -0.25) is 14.2 Å². The summed E-state index contributed by atoms with van der Waals surface area (Å²) in [6.07, 6.45) is -4.39. The molecule has 1 saturated heterocycles.